The number of benzene rings is 2. The molecule has 0 aliphatic carbocycles. The number of nitrogens with zero attached hydrogens (tertiary/aromatic N) is 1. The summed E-state index contributed by atoms with van der Waals surface area (Å²) in [5, 5.41) is 2.49. The van der Waals surface area contributed by atoms with Gasteiger partial charge in [0.25, 0.3) is 0 Å². The maximum absolute atomic E-state index is 12.7. The minimum absolute atomic E-state index is 0.00500. The van der Waals surface area contributed by atoms with Crippen LogP contribution in [0.5, 0.6) is 5.75 Å². The molecule has 2 rings (SSSR count). The molecule has 0 aliphatic rings. The molecule has 166 valence electrons. The molecule has 0 fully saturated rings. The molecule has 0 heterocycles. The van der Waals surface area contributed by atoms with Gasteiger partial charge < -0.3 is 19.5 Å². The fourth-order valence-corrected chi connectivity index (χ4v) is 3.58. The van der Waals surface area contributed by atoms with Crippen LogP contribution in [0.2, 0.25) is 0 Å². The predicted molar refractivity (Wildman–Crippen MR) is 113 cm³/mol. The van der Waals surface area contributed by atoms with Gasteiger partial charge in [0.1, 0.15) is 12.3 Å². The number of esters is 2. The summed E-state index contributed by atoms with van der Waals surface area (Å²) in [7, 11) is -0.125. The van der Waals surface area contributed by atoms with Gasteiger partial charge in [-0.25, -0.2) is 18.0 Å². The van der Waals surface area contributed by atoms with Gasteiger partial charge in [-0.15, -0.1) is 0 Å². The van der Waals surface area contributed by atoms with Crippen molar-refractivity contribution >= 4 is 39.2 Å². The second kappa shape index (κ2) is 9.94. The third kappa shape index (κ3) is 5.95. The summed E-state index contributed by atoms with van der Waals surface area (Å²) in [6, 6.07) is 10.2. The number of methoxy groups -OCH3 is 3. The van der Waals surface area contributed by atoms with Crippen molar-refractivity contribution in [2.45, 2.75) is 0 Å². The summed E-state index contributed by atoms with van der Waals surface area (Å²) in [6.45, 7) is -0.574. The van der Waals surface area contributed by atoms with Gasteiger partial charge in [0, 0.05) is 5.69 Å². The molecule has 0 spiro atoms. The van der Waals surface area contributed by atoms with Gasteiger partial charge >= 0.3 is 11.9 Å². The zero-order valence-corrected chi connectivity index (χ0v) is 18.2. The Balaban J connectivity index is 2.36. The number of ether oxygens (including phenoxy) is 3. The third-order valence-corrected chi connectivity index (χ3v) is 5.23. The Kier molecular flexibility index (Phi) is 7.59. The lowest BCUT2D eigenvalue weighted by Crippen LogP contribution is -2.37. The first-order valence-corrected chi connectivity index (χ1v) is 10.7. The average Bonchev–Trinajstić information content (AvgIpc) is 2.75. The van der Waals surface area contributed by atoms with Gasteiger partial charge in [-0.1, -0.05) is 12.1 Å². The van der Waals surface area contributed by atoms with Gasteiger partial charge in [0.2, 0.25) is 15.9 Å². The molecule has 0 saturated heterocycles. The molecule has 0 bridgehead atoms. The van der Waals surface area contributed by atoms with Crippen LogP contribution in [0.1, 0.15) is 20.7 Å². The van der Waals surface area contributed by atoms with Crippen molar-refractivity contribution in [1.29, 1.82) is 0 Å². The number of carbonyl (C=O) groups excluding carboxylic acids is 3. The number of hydrogen-bond acceptors (Lipinski definition) is 8. The highest BCUT2D eigenvalue weighted by molar-refractivity contribution is 7.92. The SMILES string of the molecule is COC(=O)c1cc(NC(=O)CN(c2ccccc2OC)S(C)(=O)=O)cc(C(=O)OC)c1. The molecule has 0 saturated carbocycles. The maximum Gasteiger partial charge on any atom is 0.337 e. The fraction of sp³-hybridized carbons (Fsp3) is 0.250. The van der Waals surface area contributed by atoms with Gasteiger partial charge in [-0.3, -0.25) is 9.10 Å². The standard InChI is InChI=1S/C20H22N2O8S/c1-28-17-8-6-5-7-16(17)22(31(4,26)27)12-18(23)21-15-10-13(19(24)29-2)9-14(11-15)20(25)30-3/h5-11H,12H2,1-4H3,(H,21,23). The quantitative estimate of drug-likeness (QED) is 0.602. The summed E-state index contributed by atoms with van der Waals surface area (Å²) in [5.41, 5.74) is 0.277. The molecule has 0 radical (unpaired) electrons. The molecular formula is C20H22N2O8S. The van der Waals surface area contributed by atoms with Gasteiger partial charge in [0.15, 0.2) is 0 Å². The number of sulfonamides is 1. The topological polar surface area (TPSA) is 128 Å². The summed E-state index contributed by atoms with van der Waals surface area (Å²) < 4.78 is 40.0. The van der Waals surface area contributed by atoms with Crippen molar-refractivity contribution in [2.75, 3.05) is 43.8 Å². The van der Waals surface area contributed by atoms with E-state index in [1.807, 2.05) is 0 Å². The normalized spacial score (nSPS) is 10.7. The molecule has 2 aromatic carbocycles. The molecular weight excluding hydrogens is 428 g/mol. The van der Waals surface area contributed by atoms with E-state index in [9.17, 15) is 22.8 Å². The Hall–Kier alpha value is -3.60. The van der Waals surface area contributed by atoms with Crippen LogP contribution in [0, 0.1) is 0 Å². The van der Waals surface area contributed by atoms with E-state index in [0.717, 1.165) is 10.6 Å². The number of carbonyl (C=O) groups is 3. The first-order chi connectivity index (χ1) is 14.6. The van der Waals surface area contributed by atoms with Crippen molar-refractivity contribution < 1.29 is 37.0 Å². The molecule has 0 atom stereocenters. The molecule has 10 nitrogen and oxygen atoms in total. The van der Waals surface area contributed by atoms with E-state index in [1.165, 1.54) is 45.6 Å². The lowest BCUT2D eigenvalue weighted by molar-refractivity contribution is -0.114. The molecule has 1 amide bonds. The van der Waals surface area contributed by atoms with Gasteiger partial charge in [-0.2, -0.15) is 0 Å². The number of amides is 1. The van der Waals surface area contributed by atoms with Crippen molar-refractivity contribution in [3.63, 3.8) is 0 Å². The number of nitrogens with one attached hydrogen (secondary N) is 1. The van der Waals surface area contributed by atoms with Crippen molar-refractivity contribution in [1.82, 2.24) is 0 Å². The van der Waals surface area contributed by atoms with E-state index in [1.54, 1.807) is 18.2 Å². The van der Waals surface area contributed by atoms with Crippen molar-refractivity contribution in [3.05, 3.63) is 53.6 Å². The fourth-order valence-electron chi connectivity index (χ4n) is 2.72. The van der Waals surface area contributed by atoms with Crippen LogP contribution in [0.25, 0.3) is 0 Å². The summed E-state index contributed by atoms with van der Waals surface area (Å²) in [4.78, 5) is 36.4. The highest BCUT2D eigenvalue weighted by atomic mass is 32.2. The lowest BCUT2D eigenvalue weighted by Gasteiger charge is -2.23. The Morgan fingerprint density at radius 3 is 1.97 bits per heavy atom. The van der Waals surface area contributed by atoms with Crippen LogP contribution < -0.4 is 14.4 Å². The van der Waals surface area contributed by atoms with Crippen LogP contribution in [0.4, 0.5) is 11.4 Å². The molecule has 1 N–H and O–H groups in total. The largest absolute Gasteiger partial charge is 0.495 e. The Morgan fingerprint density at radius 1 is 0.935 bits per heavy atom. The minimum atomic E-state index is -3.84. The third-order valence-electron chi connectivity index (χ3n) is 4.10. The first-order valence-electron chi connectivity index (χ1n) is 8.83. The minimum Gasteiger partial charge on any atom is -0.495 e. The summed E-state index contributed by atoms with van der Waals surface area (Å²) in [5.74, 6) is -1.91. The highest BCUT2D eigenvalue weighted by Crippen LogP contribution is 2.29. The van der Waals surface area contributed by atoms with Crippen LogP contribution in [-0.4, -0.2) is 60.4 Å². The molecule has 11 heteroatoms. The zero-order chi connectivity index (χ0) is 23.2. The van der Waals surface area contributed by atoms with E-state index < -0.39 is 34.4 Å². The first kappa shape index (κ1) is 23.7. The monoisotopic (exact) mass is 450 g/mol. The van der Waals surface area contributed by atoms with E-state index in [-0.39, 0.29) is 28.3 Å². The van der Waals surface area contributed by atoms with Crippen LogP contribution in [0.3, 0.4) is 0 Å². The second-order valence-electron chi connectivity index (χ2n) is 6.27. The highest BCUT2D eigenvalue weighted by Gasteiger charge is 2.24. The van der Waals surface area contributed by atoms with E-state index in [0.29, 0.717) is 0 Å². The lowest BCUT2D eigenvalue weighted by atomic mass is 10.1. The molecule has 2 aromatic rings. The number of para-hydroxylation sites is 2. The number of hydrogen-bond donors (Lipinski definition) is 1. The number of anilines is 2. The van der Waals surface area contributed by atoms with Crippen LogP contribution in [-0.2, 0) is 24.3 Å². The molecule has 0 aliphatic heterocycles. The zero-order valence-electron chi connectivity index (χ0n) is 17.4. The summed E-state index contributed by atoms with van der Waals surface area (Å²) >= 11 is 0. The van der Waals surface area contributed by atoms with Gasteiger partial charge in [-0.05, 0) is 30.3 Å². The Bertz CT molecular complexity index is 1060. The van der Waals surface area contributed by atoms with Crippen LogP contribution in [0.15, 0.2) is 42.5 Å². The van der Waals surface area contributed by atoms with Crippen LogP contribution >= 0.6 is 0 Å². The number of rotatable bonds is 8. The molecule has 31 heavy (non-hydrogen) atoms. The molecule has 0 unspecified atom stereocenters. The van der Waals surface area contributed by atoms with E-state index in [2.05, 4.69) is 14.8 Å². The second-order valence-corrected chi connectivity index (χ2v) is 8.18. The molecule has 0 aromatic heterocycles. The maximum atomic E-state index is 12.7. The van der Waals surface area contributed by atoms with E-state index >= 15 is 0 Å². The van der Waals surface area contributed by atoms with E-state index in [4.69, 9.17) is 4.74 Å². The average molecular weight is 450 g/mol. The summed E-state index contributed by atoms with van der Waals surface area (Å²) in [6.07, 6.45) is 0.958. The smallest absolute Gasteiger partial charge is 0.337 e. The van der Waals surface area contributed by atoms with Crippen molar-refractivity contribution in [2.24, 2.45) is 0 Å². The van der Waals surface area contributed by atoms with Crippen molar-refractivity contribution in [3.8, 4) is 5.75 Å². The Morgan fingerprint density at radius 2 is 1.48 bits per heavy atom. The predicted octanol–water partition coefficient (Wildman–Crippen LogP) is 1.67. The Labute approximate surface area is 179 Å². The van der Waals surface area contributed by atoms with Gasteiger partial charge in [0.05, 0.1) is 44.4 Å².